The van der Waals surface area contributed by atoms with Crippen LogP contribution in [0, 0.1) is 5.92 Å². The molecule has 0 radical (unpaired) electrons. The number of aromatic nitrogens is 2. The van der Waals surface area contributed by atoms with Gasteiger partial charge in [0.2, 0.25) is 0 Å². The third-order valence-electron chi connectivity index (χ3n) is 3.38. The van der Waals surface area contributed by atoms with E-state index in [0.29, 0.717) is 22.5 Å². The molecule has 2 heterocycles. The van der Waals surface area contributed by atoms with Crippen molar-refractivity contribution in [3.63, 3.8) is 0 Å². The number of nitrogens with zero attached hydrogens (tertiary/aromatic N) is 2. The highest BCUT2D eigenvalue weighted by Crippen LogP contribution is 2.30. The van der Waals surface area contributed by atoms with Crippen LogP contribution in [0.2, 0.25) is 0 Å². The molecule has 0 saturated carbocycles. The number of carboxylic acid groups (broad SMARTS) is 1. The lowest BCUT2D eigenvalue weighted by Gasteiger charge is -2.18. The summed E-state index contributed by atoms with van der Waals surface area (Å²) in [4.78, 5) is 19.7. The summed E-state index contributed by atoms with van der Waals surface area (Å²) < 4.78 is 5.76. The maximum Gasteiger partial charge on any atom is 0.326 e. The summed E-state index contributed by atoms with van der Waals surface area (Å²) >= 11 is 0. The molecule has 0 fully saturated rings. The van der Waals surface area contributed by atoms with Crippen molar-refractivity contribution in [1.29, 1.82) is 0 Å². The first-order valence-corrected chi connectivity index (χ1v) is 6.69. The molecule has 1 aromatic carbocycles. The van der Waals surface area contributed by atoms with E-state index < -0.39 is 12.0 Å². The minimum atomic E-state index is -0.923. The molecule has 2 aromatic heterocycles. The van der Waals surface area contributed by atoms with E-state index in [-0.39, 0.29) is 5.92 Å². The van der Waals surface area contributed by atoms with Crippen LogP contribution >= 0.6 is 0 Å². The third kappa shape index (κ3) is 2.29. The van der Waals surface area contributed by atoms with Crippen molar-refractivity contribution in [2.24, 2.45) is 5.92 Å². The van der Waals surface area contributed by atoms with Crippen molar-refractivity contribution in [1.82, 2.24) is 9.97 Å². The molecule has 3 rings (SSSR count). The van der Waals surface area contributed by atoms with Gasteiger partial charge in [0.05, 0.1) is 0 Å². The Morgan fingerprint density at radius 2 is 2.05 bits per heavy atom. The number of fused-ring (bicyclic) bond motifs is 3. The van der Waals surface area contributed by atoms with Gasteiger partial charge < -0.3 is 14.8 Å². The fourth-order valence-corrected chi connectivity index (χ4v) is 2.29. The molecule has 0 aliphatic carbocycles. The van der Waals surface area contributed by atoms with Crippen LogP contribution in [0.25, 0.3) is 22.1 Å². The molecule has 6 heteroatoms. The highest BCUT2D eigenvalue weighted by molar-refractivity contribution is 6.05. The second-order valence-electron chi connectivity index (χ2n) is 5.20. The van der Waals surface area contributed by atoms with Crippen LogP contribution in [-0.2, 0) is 4.79 Å². The van der Waals surface area contributed by atoms with Gasteiger partial charge in [0.25, 0.3) is 0 Å². The van der Waals surface area contributed by atoms with E-state index in [9.17, 15) is 9.90 Å². The zero-order chi connectivity index (χ0) is 15.0. The number of nitrogens with one attached hydrogen (secondary N) is 1. The Labute approximate surface area is 120 Å². The van der Waals surface area contributed by atoms with Crippen molar-refractivity contribution < 1.29 is 14.3 Å². The van der Waals surface area contributed by atoms with Gasteiger partial charge in [-0.1, -0.05) is 26.0 Å². The first-order chi connectivity index (χ1) is 10.1. The number of para-hydroxylation sites is 1. The number of furan rings is 1. The van der Waals surface area contributed by atoms with Gasteiger partial charge in [0, 0.05) is 5.39 Å². The maximum atomic E-state index is 11.3. The van der Waals surface area contributed by atoms with Crippen LogP contribution in [0.4, 0.5) is 5.82 Å². The van der Waals surface area contributed by atoms with E-state index in [1.54, 1.807) is 0 Å². The molecular weight excluding hydrogens is 270 g/mol. The number of anilines is 1. The summed E-state index contributed by atoms with van der Waals surface area (Å²) in [5.74, 6) is -0.609. The number of carbonyl (C=O) groups is 1. The zero-order valence-electron chi connectivity index (χ0n) is 11.7. The summed E-state index contributed by atoms with van der Waals surface area (Å²) in [5.41, 5.74) is 1.86. The summed E-state index contributed by atoms with van der Waals surface area (Å²) in [5, 5.41) is 13.1. The number of benzene rings is 1. The number of rotatable bonds is 4. The van der Waals surface area contributed by atoms with Gasteiger partial charge in [-0.25, -0.2) is 14.8 Å². The Hall–Kier alpha value is -2.63. The Balaban J connectivity index is 2.12. The van der Waals surface area contributed by atoms with Crippen molar-refractivity contribution in [3.8, 4) is 0 Å². The Morgan fingerprint density at radius 3 is 2.76 bits per heavy atom. The molecule has 1 atom stereocenters. The van der Waals surface area contributed by atoms with Gasteiger partial charge in [0.15, 0.2) is 11.4 Å². The molecule has 0 bridgehead atoms. The van der Waals surface area contributed by atoms with Crippen LogP contribution < -0.4 is 5.32 Å². The molecule has 6 nitrogen and oxygen atoms in total. The average molecular weight is 285 g/mol. The lowest BCUT2D eigenvalue weighted by atomic mass is 10.1. The molecule has 21 heavy (non-hydrogen) atoms. The summed E-state index contributed by atoms with van der Waals surface area (Å²) in [7, 11) is 0. The third-order valence-corrected chi connectivity index (χ3v) is 3.38. The van der Waals surface area contributed by atoms with E-state index >= 15 is 0 Å². The van der Waals surface area contributed by atoms with Gasteiger partial charge in [-0.05, 0) is 18.1 Å². The number of hydrogen-bond acceptors (Lipinski definition) is 5. The SMILES string of the molecule is CC(C)[C@@H](Nc1ncnc2c1oc1ccccc12)C(=O)O. The fraction of sp³-hybridized carbons (Fsp3) is 0.267. The van der Waals surface area contributed by atoms with E-state index in [4.69, 9.17) is 4.42 Å². The molecule has 0 spiro atoms. The Bertz CT molecular complexity index is 810. The molecule has 0 aliphatic rings. The van der Waals surface area contributed by atoms with Crippen molar-refractivity contribution in [3.05, 3.63) is 30.6 Å². The minimum Gasteiger partial charge on any atom is -0.480 e. The van der Waals surface area contributed by atoms with Crippen LogP contribution in [0.5, 0.6) is 0 Å². The van der Waals surface area contributed by atoms with Gasteiger partial charge >= 0.3 is 5.97 Å². The normalized spacial score (nSPS) is 12.9. The smallest absolute Gasteiger partial charge is 0.326 e. The average Bonchev–Trinajstić information content (AvgIpc) is 2.83. The second kappa shape index (κ2) is 5.05. The fourth-order valence-electron chi connectivity index (χ4n) is 2.29. The number of aliphatic carboxylic acids is 1. The number of carboxylic acids is 1. The zero-order valence-corrected chi connectivity index (χ0v) is 11.7. The Kier molecular flexibility index (Phi) is 3.21. The maximum absolute atomic E-state index is 11.3. The highest BCUT2D eigenvalue weighted by atomic mass is 16.4. The lowest BCUT2D eigenvalue weighted by molar-refractivity contribution is -0.138. The molecule has 0 amide bonds. The molecule has 2 N–H and O–H groups in total. The number of hydrogen-bond donors (Lipinski definition) is 2. The lowest BCUT2D eigenvalue weighted by Crippen LogP contribution is -2.34. The van der Waals surface area contributed by atoms with Crippen LogP contribution in [0.1, 0.15) is 13.8 Å². The van der Waals surface area contributed by atoms with E-state index in [1.807, 2.05) is 38.1 Å². The van der Waals surface area contributed by atoms with Gasteiger partial charge in [-0.15, -0.1) is 0 Å². The van der Waals surface area contributed by atoms with Crippen molar-refractivity contribution in [2.75, 3.05) is 5.32 Å². The van der Waals surface area contributed by atoms with Gasteiger partial charge in [0.1, 0.15) is 23.5 Å². The van der Waals surface area contributed by atoms with Crippen molar-refractivity contribution in [2.45, 2.75) is 19.9 Å². The molecular formula is C15H15N3O3. The van der Waals surface area contributed by atoms with Gasteiger partial charge in [-0.3, -0.25) is 0 Å². The van der Waals surface area contributed by atoms with Gasteiger partial charge in [-0.2, -0.15) is 0 Å². The molecule has 108 valence electrons. The Morgan fingerprint density at radius 1 is 1.29 bits per heavy atom. The monoisotopic (exact) mass is 285 g/mol. The summed E-state index contributed by atoms with van der Waals surface area (Å²) in [6.07, 6.45) is 1.41. The summed E-state index contributed by atoms with van der Waals surface area (Å²) in [6.45, 7) is 3.67. The highest BCUT2D eigenvalue weighted by Gasteiger charge is 2.23. The van der Waals surface area contributed by atoms with Crippen LogP contribution in [0.15, 0.2) is 35.0 Å². The first-order valence-electron chi connectivity index (χ1n) is 6.69. The second-order valence-corrected chi connectivity index (χ2v) is 5.20. The molecule has 3 aromatic rings. The van der Waals surface area contributed by atoms with E-state index in [2.05, 4.69) is 15.3 Å². The summed E-state index contributed by atoms with van der Waals surface area (Å²) in [6, 6.07) is 6.80. The predicted molar refractivity (Wildman–Crippen MR) is 79.2 cm³/mol. The first kappa shape index (κ1) is 13.4. The predicted octanol–water partition coefficient (Wildman–Crippen LogP) is 2.90. The largest absolute Gasteiger partial charge is 0.480 e. The van der Waals surface area contributed by atoms with Crippen LogP contribution in [-0.4, -0.2) is 27.1 Å². The quantitative estimate of drug-likeness (QED) is 0.766. The minimum absolute atomic E-state index is 0.0862. The topological polar surface area (TPSA) is 88.3 Å². The molecule has 0 saturated heterocycles. The van der Waals surface area contributed by atoms with Crippen LogP contribution in [0.3, 0.4) is 0 Å². The van der Waals surface area contributed by atoms with E-state index in [0.717, 1.165) is 5.39 Å². The standard InChI is InChI=1S/C15H15N3O3/c1-8(2)11(15(19)20)18-14-13-12(16-7-17-14)9-5-3-4-6-10(9)21-13/h3-8,11H,1-2H3,(H,19,20)(H,16,17,18)/t11-/m1/s1. The van der Waals surface area contributed by atoms with E-state index in [1.165, 1.54) is 6.33 Å². The van der Waals surface area contributed by atoms with Crippen molar-refractivity contribution >= 4 is 33.9 Å². The molecule has 0 unspecified atom stereocenters. The molecule has 0 aliphatic heterocycles.